The topological polar surface area (TPSA) is 84.5 Å². The number of nitrogens with one attached hydrogen (secondary N) is 2. The molecule has 1 rings (SSSR count). The van der Waals surface area contributed by atoms with Crippen LogP contribution in [0.1, 0.15) is 17.3 Å². The monoisotopic (exact) mass is 250 g/mol. The van der Waals surface area contributed by atoms with Gasteiger partial charge < -0.3 is 4.74 Å². The number of esters is 1. The van der Waals surface area contributed by atoms with E-state index in [2.05, 4.69) is 15.6 Å². The van der Waals surface area contributed by atoms with E-state index in [-0.39, 0.29) is 0 Å². The Morgan fingerprint density at radius 1 is 1.17 bits per heavy atom. The van der Waals surface area contributed by atoms with Crippen molar-refractivity contribution in [3.8, 4) is 0 Å². The molecular weight excluding hydrogens is 236 g/mol. The van der Waals surface area contributed by atoms with Crippen molar-refractivity contribution in [1.82, 2.24) is 10.9 Å². The van der Waals surface area contributed by atoms with Crippen LogP contribution in [0.15, 0.2) is 30.3 Å². The second-order valence-electron chi connectivity index (χ2n) is 3.53. The summed E-state index contributed by atoms with van der Waals surface area (Å²) in [7, 11) is 1.17. The van der Waals surface area contributed by atoms with E-state index >= 15 is 0 Å². The summed E-state index contributed by atoms with van der Waals surface area (Å²) in [5, 5.41) is 0. The van der Waals surface area contributed by atoms with E-state index in [0.717, 1.165) is 0 Å². The van der Waals surface area contributed by atoms with Crippen molar-refractivity contribution in [2.75, 3.05) is 7.11 Å². The molecule has 0 heterocycles. The van der Waals surface area contributed by atoms with Crippen LogP contribution in [0, 0.1) is 0 Å². The summed E-state index contributed by atoms with van der Waals surface area (Å²) in [6, 6.07) is 7.20. The molecule has 1 aromatic carbocycles. The van der Waals surface area contributed by atoms with Gasteiger partial charge in [-0.3, -0.25) is 15.0 Å². The third-order valence-electron chi connectivity index (χ3n) is 2.21. The second kappa shape index (κ2) is 6.51. The minimum Gasteiger partial charge on any atom is -0.467 e. The highest BCUT2D eigenvalue weighted by Gasteiger charge is 2.24. The Hall–Kier alpha value is -2.21. The molecule has 1 atom stereocenters. The van der Waals surface area contributed by atoms with Crippen LogP contribution in [-0.4, -0.2) is 30.8 Å². The van der Waals surface area contributed by atoms with Gasteiger partial charge in [0.15, 0.2) is 11.8 Å². The molecule has 1 aromatic rings. The maximum absolute atomic E-state index is 11.6. The molecule has 6 heteroatoms. The Morgan fingerprint density at radius 3 is 2.28 bits per heavy atom. The van der Waals surface area contributed by atoms with Crippen LogP contribution >= 0.6 is 0 Å². The molecule has 0 radical (unpaired) electrons. The highest BCUT2D eigenvalue weighted by Crippen LogP contribution is 1.97. The van der Waals surface area contributed by atoms with Gasteiger partial charge in [-0.05, 0) is 19.1 Å². The molecule has 6 nitrogen and oxygen atoms in total. The molecule has 96 valence electrons. The molecule has 18 heavy (non-hydrogen) atoms. The van der Waals surface area contributed by atoms with Gasteiger partial charge in [-0.15, -0.1) is 0 Å². The van der Waals surface area contributed by atoms with Crippen LogP contribution in [0.25, 0.3) is 0 Å². The number of Topliss-reactive ketones (excluding diaryl/α,β-unsaturated/α-hetero) is 1. The van der Waals surface area contributed by atoms with Gasteiger partial charge in [0.1, 0.15) is 0 Å². The van der Waals surface area contributed by atoms with Gasteiger partial charge in [0.05, 0.1) is 7.11 Å². The van der Waals surface area contributed by atoms with Crippen LogP contribution in [0.3, 0.4) is 0 Å². The molecular formula is C12H14N2O4. The average Bonchev–Trinajstić information content (AvgIpc) is 2.39. The first-order valence-electron chi connectivity index (χ1n) is 5.25. The van der Waals surface area contributed by atoms with E-state index in [1.807, 2.05) is 0 Å². The zero-order valence-electron chi connectivity index (χ0n) is 10.1. The van der Waals surface area contributed by atoms with Crippen molar-refractivity contribution >= 4 is 17.7 Å². The third kappa shape index (κ3) is 3.67. The molecule has 0 bridgehead atoms. The first-order chi connectivity index (χ1) is 8.56. The molecule has 1 amide bonds. The summed E-state index contributed by atoms with van der Waals surface area (Å²) in [6.45, 7) is 1.23. The molecule has 0 aliphatic carbocycles. The number of amides is 1. The number of ketones is 1. The van der Waals surface area contributed by atoms with Gasteiger partial charge in [0.2, 0.25) is 0 Å². The zero-order valence-corrected chi connectivity index (χ0v) is 10.1. The summed E-state index contributed by atoms with van der Waals surface area (Å²) in [5.74, 6) is -1.64. The van der Waals surface area contributed by atoms with Crippen molar-refractivity contribution in [1.29, 1.82) is 0 Å². The van der Waals surface area contributed by atoms with E-state index < -0.39 is 23.7 Å². The molecule has 2 N–H and O–H groups in total. The lowest BCUT2D eigenvalue weighted by molar-refractivity contribution is -0.146. The number of carbonyl (C=O) groups is 3. The van der Waals surface area contributed by atoms with Crippen LogP contribution in [0.2, 0.25) is 0 Å². The number of methoxy groups -OCH3 is 1. The SMILES string of the molecule is COC(=O)C(NNC(=O)c1ccccc1)C(C)=O. The maximum Gasteiger partial charge on any atom is 0.332 e. The molecule has 0 aromatic heterocycles. The lowest BCUT2D eigenvalue weighted by atomic mass is 10.2. The van der Waals surface area contributed by atoms with Crippen molar-refractivity contribution in [2.45, 2.75) is 13.0 Å². The fourth-order valence-electron chi connectivity index (χ4n) is 1.24. The zero-order chi connectivity index (χ0) is 13.5. The normalized spacial score (nSPS) is 11.4. The second-order valence-corrected chi connectivity index (χ2v) is 3.53. The van der Waals surface area contributed by atoms with Gasteiger partial charge >= 0.3 is 5.97 Å². The van der Waals surface area contributed by atoms with Gasteiger partial charge in [-0.1, -0.05) is 18.2 Å². The fraction of sp³-hybridized carbons (Fsp3) is 0.250. The Bertz CT molecular complexity index is 445. The Balaban J connectivity index is 2.61. The lowest BCUT2D eigenvalue weighted by Gasteiger charge is -2.14. The first kappa shape index (κ1) is 13.9. The number of rotatable bonds is 5. The largest absolute Gasteiger partial charge is 0.467 e. The number of carbonyl (C=O) groups excluding carboxylic acids is 3. The summed E-state index contributed by atoms with van der Waals surface area (Å²) in [4.78, 5) is 34.1. The predicted octanol–water partition coefficient (Wildman–Crippen LogP) is 0.0516. The molecule has 0 saturated heterocycles. The molecule has 0 aliphatic rings. The van der Waals surface area contributed by atoms with Crippen molar-refractivity contribution in [3.63, 3.8) is 0 Å². The van der Waals surface area contributed by atoms with E-state index in [0.29, 0.717) is 5.56 Å². The Morgan fingerprint density at radius 2 is 1.78 bits per heavy atom. The summed E-state index contributed by atoms with van der Waals surface area (Å²) in [6.07, 6.45) is 0. The predicted molar refractivity (Wildman–Crippen MR) is 63.5 cm³/mol. The summed E-state index contributed by atoms with van der Waals surface area (Å²) in [5.41, 5.74) is 5.04. The number of ether oxygens (including phenoxy) is 1. The van der Waals surface area contributed by atoms with Gasteiger partial charge in [-0.25, -0.2) is 10.2 Å². The van der Waals surface area contributed by atoms with Crippen molar-refractivity contribution in [2.24, 2.45) is 0 Å². The number of benzene rings is 1. The minimum atomic E-state index is -1.21. The summed E-state index contributed by atoms with van der Waals surface area (Å²) >= 11 is 0. The number of hydrazine groups is 1. The Labute approximate surface area is 104 Å². The molecule has 0 spiro atoms. The van der Waals surface area contributed by atoms with E-state index in [1.165, 1.54) is 14.0 Å². The maximum atomic E-state index is 11.6. The quantitative estimate of drug-likeness (QED) is 0.438. The lowest BCUT2D eigenvalue weighted by Crippen LogP contribution is -2.51. The van der Waals surface area contributed by atoms with Crippen LogP contribution in [-0.2, 0) is 14.3 Å². The number of hydrogen-bond acceptors (Lipinski definition) is 5. The van der Waals surface area contributed by atoms with Crippen LogP contribution < -0.4 is 10.9 Å². The van der Waals surface area contributed by atoms with Gasteiger partial charge in [-0.2, -0.15) is 0 Å². The van der Waals surface area contributed by atoms with Gasteiger partial charge in [0, 0.05) is 5.56 Å². The molecule has 1 unspecified atom stereocenters. The fourth-order valence-corrected chi connectivity index (χ4v) is 1.24. The minimum absolute atomic E-state index is 0.414. The Kier molecular flexibility index (Phi) is 5.01. The molecule has 0 saturated carbocycles. The smallest absolute Gasteiger partial charge is 0.332 e. The summed E-state index contributed by atoms with van der Waals surface area (Å²) < 4.78 is 4.44. The van der Waals surface area contributed by atoms with E-state index in [4.69, 9.17) is 0 Å². The number of hydrogen-bond donors (Lipinski definition) is 2. The van der Waals surface area contributed by atoms with Crippen LogP contribution in [0.5, 0.6) is 0 Å². The van der Waals surface area contributed by atoms with Gasteiger partial charge in [0.25, 0.3) is 5.91 Å². The standard InChI is InChI=1S/C12H14N2O4/c1-8(15)10(12(17)18-2)13-14-11(16)9-6-4-3-5-7-9/h3-7,10,13H,1-2H3,(H,14,16). The van der Waals surface area contributed by atoms with Crippen molar-refractivity contribution in [3.05, 3.63) is 35.9 Å². The van der Waals surface area contributed by atoms with Crippen molar-refractivity contribution < 1.29 is 19.1 Å². The first-order valence-corrected chi connectivity index (χ1v) is 5.25. The third-order valence-corrected chi connectivity index (χ3v) is 2.21. The van der Waals surface area contributed by atoms with E-state index in [1.54, 1.807) is 30.3 Å². The van der Waals surface area contributed by atoms with E-state index in [9.17, 15) is 14.4 Å². The highest BCUT2D eigenvalue weighted by atomic mass is 16.5. The van der Waals surface area contributed by atoms with Crippen LogP contribution in [0.4, 0.5) is 0 Å². The highest BCUT2D eigenvalue weighted by molar-refractivity contribution is 6.02. The average molecular weight is 250 g/mol. The molecule has 0 aliphatic heterocycles. The molecule has 0 fully saturated rings.